The molecule has 4 aromatic rings. The van der Waals surface area contributed by atoms with Gasteiger partial charge in [0.1, 0.15) is 23.7 Å². The third-order valence-corrected chi connectivity index (χ3v) is 5.30. The molecule has 0 spiro atoms. The topological polar surface area (TPSA) is 69.6 Å². The van der Waals surface area contributed by atoms with E-state index in [1.54, 1.807) is 12.1 Å². The summed E-state index contributed by atoms with van der Waals surface area (Å²) in [5.74, 6) is 0.109. The Hall–Kier alpha value is -3.28. The summed E-state index contributed by atoms with van der Waals surface area (Å²) in [6.45, 7) is 0. The minimum absolute atomic E-state index is 0.200. The van der Waals surface area contributed by atoms with Gasteiger partial charge in [-0.1, -0.05) is 24.3 Å². The van der Waals surface area contributed by atoms with E-state index < -0.39 is 0 Å². The first kappa shape index (κ1) is 15.9. The van der Waals surface area contributed by atoms with E-state index >= 15 is 0 Å². The van der Waals surface area contributed by atoms with Crippen LogP contribution in [0.5, 0.6) is 0 Å². The van der Waals surface area contributed by atoms with Crippen molar-refractivity contribution < 1.29 is 4.39 Å². The number of benzene rings is 2. The normalized spacial score (nSPS) is 16.4. The minimum atomic E-state index is -0.282. The molecule has 0 fully saturated rings. The number of anilines is 1. The molecular weight excluding hydrogens is 341 g/mol. The highest BCUT2D eigenvalue weighted by Crippen LogP contribution is 2.35. The van der Waals surface area contributed by atoms with Crippen molar-refractivity contribution in [2.75, 3.05) is 5.73 Å². The molecule has 0 amide bonds. The average molecular weight is 359 g/mol. The quantitative estimate of drug-likeness (QED) is 0.588. The van der Waals surface area contributed by atoms with Crippen molar-refractivity contribution in [2.45, 2.75) is 25.3 Å². The Morgan fingerprint density at radius 3 is 2.59 bits per heavy atom. The number of aryl methyl sites for hydroxylation is 1. The minimum Gasteiger partial charge on any atom is -0.383 e. The fourth-order valence-corrected chi connectivity index (χ4v) is 3.95. The third kappa shape index (κ3) is 2.65. The van der Waals surface area contributed by atoms with Crippen LogP contribution in [-0.2, 0) is 12.8 Å². The van der Waals surface area contributed by atoms with Crippen LogP contribution in [0.2, 0.25) is 0 Å². The Kier molecular flexibility index (Phi) is 3.63. The number of halogens is 1. The summed E-state index contributed by atoms with van der Waals surface area (Å²) in [7, 11) is 0. The van der Waals surface area contributed by atoms with Crippen LogP contribution >= 0.6 is 0 Å². The third-order valence-electron chi connectivity index (χ3n) is 5.30. The molecule has 2 heterocycles. The zero-order valence-corrected chi connectivity index (χ0v) is 14.6. The van der Waals surface area contributed by atoms with Gasteiger partial charge in [0, 0.05) is 5.56 Å². The molecule has 1 unspecified atom stereocenters. The van der Waals surface area contributed by atoms with E-state index in [1.165, 1.54) is 29.6 Å². The molecule has 0 bridgehead atoms. The van der Waals surface area contributed by atoms with Gasteiger partial charge in [0.05, 0.1) is 11.4 Å². The lowest BCUT2D eigenvalue weighted by atomic mass is 9.88. The maximum atomic E-state index is 13.4. The number of rotatable bonds is 2. The molecule has 1 aliphatic carbocycles. The van der Waals surface area contributed by atoms with Crippen LogP contribution in [0.3, 0.4) is 0 Å². The molecule has 2 aromatic carbocycles. The van der Waals surface area contributed by atoms with Crippen molar-refractivity contribution in [1.82, 2.24) is 19.7 Å². The van der Waals surface area contributed by atoms with Crippen LogP contribution in [0.25, 0.3) is 22.3 Å². The number of fused-ring (bicyclic) bond motifs is 2. The van der Waals surface area contributed by atoms with Crippen molar-refractivity contribution in [3.63, 3.8) is 0 Å². The Morgan fingerprint density at radius 1 is 1.00 bits per heavy atom. The lowest BCUT2D eigenvalue weighted by molar-refractivity contribution is 0.415. The molecule has 6 heteroatoms. The first-order chi connectivity index (χ1) is 13.2. The molecule has 5 rings (SSSR count). The van der Waals surface area contributed by atoms with E-state index in [0.717, 1.165) is 35.9 Å². The predicted octanol–water partition coefficient (Wildman–Crippen LogP) is 3.94. The van der Waals surface area contributed by atoms with Crippen LogP contribution in [-0.4, -0.2) is 19.7 Å². The van der Waals surface area contributed by atoms with E-state index in [9.17, 15) is 4.39 Å². The Balaban J connectivity index is 1.66. The molecule has 2 aromatic heterocycles. The van der Waals surface area contributed by atoms with Gasteiger partial charge < -0.3 is 5.73 Å². The van der Waals surface area contributed by atoms with Gasteiger partial charge in [-0.3, -0.25) is 0 Å². The van der Waals surface area contributed by atoms with E-state index in [4.69, 9.17) is 10.8 Å². The number of hydrogen-bond donors (Lipinski definition) is 1. The van der Waals surface area contributed by atoms with Crippen molar-refractivity contribution in [1.29, 1.82) is 0 Å². The first-order valence-electron chi connectivity index (χ1n) is 9.02. The van der Waals surface area contributed by atoms with E-state index in [1.807, 2.05) is 4.68 Å². The zero-order valence-electron chi connectivity index (χ0n) is 14.6. The fraction of sp³-hybridized carbons (Fsp3) is 0.190. The van der Waals surface area contributed by atoms with E-state index in [-0.39, 0.29) is 11.9 Å². The SMILES string of the molecule is Nc1ncnc2c1c(-c1ccc(F)cc1)nn2C1CCc2ccccc2C1. The highest BCUT2D eigenvalue weighted by Gasteiger charge is 2.25. The first-order valence-corrected chi connectivity index (χ1v) is 9.02. The second-order valence-corrected chi connectivity index (χ2v) is 6.92. The standard InChI is InChI=1S/C21H18FN5/c22-16-8-5-14(6-9-16)19-18-20(23)24-12-25-21(18)27(26-19)17-10-7-13-3-1-2-4-15(13)11-17/h1-6,8-9,12,17H,7,10-11H2,(H2,23,24,25). The van der Waals surface area contributed by atoms with Crippen molar-refractivity contribution in [3.8, 4) is 11.3 Å². The monoisotopic (exact) mass is 359 g/mol. The summed E-state index contributed by atoms with van der Waals surface area (Å²) >= 11 is 0. The summed E-state index contributed by atoms with van der Waals surface area (Å²) in [6.07, 6.45) is 4.37. The summed E-state index contributed by atoms with van der Waals surface area (Å²) in [6, 6.07) is 15.0. The lowest BCUT2D eigenvalue weighted by Crippen LogP contribution is -2.20. The molecule has 5 nitrogen and oxygen atoms in total. The van der Waals surface area contributed by atoms with Crippen molar-refractivity contribution >= 4 is 16.9 Å². The number of nitrogen functional groups attached to an aromatic ring is 1. The highest BCUT2D eigenvalue weighted by atomic mass is 19.1. The number of aromatic nitrogens is 4. The molecule has 1 atom stereocenters. The van der Waals surface area contributed by atoms with E-state index in [0.29, 0.717) is 11.5 Å². The van der Waals surface area contributed by atoms with Crippen LogP contribution < -0.4 is 5.73 Å². The second kappa shape index (κ2) is 6.16. The maximum Gasteiger partial charge on any atom is 0.164 e. The number of nitrogens with zero attached hydrogens (tertiary/aromatic N) is 4. The fourth-order valence-electron chi connectivity index (χ4n) is 3.95. The molecule has 1 aliphatic rings. The summed E-state index contributed by atoms with van der Waals surface area (Å²) < 4.78 is 15.3. The van der Waals surface area contributed by atoms with Gasteiger partial charge in [0.2, 0.25) is 0 Å². The second-order valence-electron chi connectivity index (χ2n) is 6.92. The van der Waals surface area contributed by atoms with E-state index in [2.05, 4.69) is 34.2 Å². The van der Waals surface area contributed by atoms with Gasteiger partial charge in [-0.15, -0.1) is 0 Å². The summed E-state index contributed by atoms with van der Waals surface area (Å²) in [5.41, 5.74) is 11.1. The van der Waals surface area contributed by atoms with Crippen LogP contribution in [0.15, 0.2) is 54.9 Å². The van der Waals surface area contributed by atoms with Crippen LogP contribution in [0.1, 0.15) is 23.6 Å². The van der Waals surface area contributed by atoms with Gasteiger partial charge in [0.15, 0.2) is 5.65 Å². The zero-order chi connectivity index (χ0) is 18.4. The van der Waals surface area contributed by atoms with Crippen LogP contribution in [0, 0.1) is 5.82 Å². The molecule has 27 heavy (non-hydrogen) atoms. The Bertz CT molecular complexity index is 1130. The van der Waals surface area contributed by atoms with Crippen molar-refractivity contribution in [2.24, 2.45) is 0 Å². The lowest BCUT2D eigenvalue weighted by Gasteiger charge is -2.25. The largest absolute Gasteiger partial charge is 0.383 e. The smallest absolute Gasteiger partial charge is 0.164 e. The molecule has 0 radical (unpaired) electrons. The highest BCUT2D eigenvalue weighted by molar-refractivity contribution is 5.98. The van der Waals surface area contributed by atoms with Gasteiger partial charge >= 0.3 is 0 Å². The van der Waals surface area contributed by atoms with Gasteiger partial charge in [-0.25, -0.2) is 19.0 Å². The average Bonchev–Trinajstić information content (AvgIpc) is 3.09. The maximum absolute atomic E-state index is 13.4. The Morgan fingerprint density at radius 2 is 1.78 bits per heavy atom. The molecule has 134 valence electrons. The molecule has 0 aliphatic heterocycles. The summed E-state index contributed by atoms with van der Waals surface area (Å²) in [4.78, 5) is 8.62. The number of nitrogens with two attached hydrogens (primary N) is 1. The van der Waals surface area contributed by atoms with Gasteiger partial charge in [0.25, 0.3) is 0 Å². The Labute approximate surface area is 155 Å². The van der Waals surface area contributed by atoms with Gasteiger partial charge in [-0.05, 0) is 54.7 Å². The molecule has 0 saturated carbocycles. The van der Waals surface area contributed by atoms with Crippen molar-refractivity contribution in [3.05, 3.63) is 71.8 Å². The van der Waals surface area contributed by atoms with Gasteiger partial charge in [-0.2, -0.15) is 5.10 Å². The summed E-state index contributed by atoms with van der Waals surface area (Å²) in [5, 5.41) is 5.58. The predicted molar refractivity (Wildman–Crippen MR) is 103 cm³/mol. The number of hydrogen-bond acceptors (Lipinski definition) is 4. The molecule has 2 N–H and O–H groups in total. The van der Waals surface area contributed by atoms with Crippen LogP contribution in [0.4, 0.5) is 10.2 Å². The molecular formula is C21H18FN5. The molecule has 0 saturated heterocycles.